The van der Waals surface area contributed by atoms with E-state index in [9.17, 15) is 14.9 Å². The zero-order valence-corrected chi connectivity index (χ0v) is 16.0. The number of hydrogen-bond acceptors (Lipinski definition) is 5. The number of nitriles is 1. The second kappa shape index (κ2) is 7.88. The third-order valence-electron chi connectivity index (χ3n) is 5.38. The molecule has 3 heterocycles. The Bertz CT molecular complexity index is 1180. The summed E-state index contributed by atoms with van der Waals surface area (Å²) in [5, 5.41) is 12.9. The molecule has 0 aromatic carbocycles. The van der Waals surface area contributed by atoms with Gasteiger partial charge in [-0.2, -0.15) is 5.26 Å². The third-order valence-corrected chi connectivity index (χ3v) is 5.38. The molecule has 0 radical (unpaired) electrons. The SMILES string of the molecule is Cc1c(CC(=O)N[C@H]2COC3CCC=C=C/C=C\32)c(=O)[nH]c2ccnc(C#N)c12. The third kappa shape index (κ3) is 3.64. The van der Waals surface area contributed by atoms with E-state index >= 15 is 0 Å². The Balaban J connectivity index is 1.59. The average Bonchev–Trinajstić information content (AvgIpc) is 3.04. The highest BCUT2D eigenvalue weighted by Gasteiger charge is 2.32. The molecule has 2 atom stereocenters. The maximum Gasteiger partial charge on any atom is 0.252 e. The average molecular weight is 388 g/mol. The van der Waals surface area contributed by atoms with E-state index in [2.05, 4.69) is 21.0 Å². The molecule has 4 rings (SSSR count). The fourth-order valence-electron chi connectivity index (χ4n) is 3.93. The van der Waals surface area contributed by atoms with Crippen LogP contribution in [0.4, 0.5) is 0 Å². The molecular formula is C22H20N4O3. The van der Waals surface area contributed by atoms with Crippen molar-refractivity contribution in [3.8, 4) is 6.07 Å². The van der Waals surface area contributed by atoms with Gasteiger partial charge in [-0.25, -0.2) is 4.98 Å². The predicted molar refractivity (Wildman–Crippen MR) is 107 cm³/mol. The first-order valence-electron chi connectivity index (χ1n) is 9.51. The Kier molecular flexibility index (Phi) is 5.13. The van der Waals surface area contributed by atoms with Crippen LogP contribution in [0.3, 0.4) is 0 Å². The number of pyridine rings is 2. The Morgan fingerprint density at radius 3 is 3.21 bits per heavy atom. The molecule has 1 aliphatic heterocycles. The lowest BCUT2D eigenvalue weighted by Crippen LogP contribution is -2.38. The van der Waals surface area contributed by atoms with E-state index in [0.29, 0.717) is 28.6 Å². The van der Waals surface area contributed by atoms with E-state index in [4.69, 9.17) is 4.74 Å². The molecule has 2 aliphatic rings. The van der Waals surface area contributed by atoms with Crippen molar-refractivity contribution in [3.05, 3.63) is 69.0 Å². The number of hydrogen-bond donors (Lipinski definition) is 2. The first-order chi connectivity index (χ1) is 14.1. The molecule has 7 nitrogen and oxygen atoms in total. The molecule has 0 bridgehead atoms. The van der Waals surface area contributed by atoms with E-state index in [1.807, 2.05) is 24.3 Å². The topological polar surface area (TPSA) is 108 Å². The summed E-state index contributed by atoms with van der Waals surface area (Å²) < 4.78 is 5.83. The maximum absolute atomic E-state index is 12.7. The molecule has 1 unspecified atom stereocenters. The summed E-state index contributed by atoms with van der Waals surface area (Å²) in [7, 11) is 0. The van der Waals surface area contributed by atoms with Crippen molar-refractivity contribution in [2.45, 2.75) is 38.3 Å². The highest BCUT2D eigenvalue weighted by atomic mass is 16.5. The van der Waals surface area contributed by atoms with Gasteiger partial charge in [-0.1, -0.05) is 6.08 Å². The number of aryl methyl sites for hydroxylation is 1. The lowest BCUT2D eigenvalue weighted by atomic mass is 9.98. The summed E-state index contributed by atoms with van der Waals surface area (Å²) in [6.45, 7) is 2.15. The van der Waals surface area contributed by atoms with E-state index in [1.54, 1.807) is 13.0 Å². The number of nitrogens with one attached hydrogen (secondary N) is 2. The Morgan fingerprint density at radius 1 is 1.52 bits per heavy atom. The molecule has 0 spiro atoms. The molecule has 1 saturated heterocycles. The van der Waals surface area contributed by atoms with E-state index < -0.39 is 0 Å². The highest BCUT2D eigenvalue weighted by molar-refractivity contribution is 5.88. The Morgan fingerprint density at radius 2 is 2.38 bits per heavy atom. The van der Waals surface area contributed by atoms with Gasteiger partial charge >= 0.3 is 0 Å². The smallest absolute Gasteiger partial charge is 0.252 e. The Labute approximate surface area is 167 Å². The van der Waals surface area contributed by atoms with Crippen LogP contribution < -0.4 is 10.9 Å². The number of carbonyl (C=O) groups excluding carboxylic acids is 1. The number of fused-ring (bicyclic) bond motifs is 2. The van der Waals surface area contributed by atoms with Gasteiger partial charge in [0, 0.05) is 17.1 Å². The first kappa shape index (κ1) is 18.9. The van der Waals surface area contributed by atoms with Crippen LogP contribution in [-0.4, -0.2) is 34.6 Å². The number of rotatable bonds is 3. The van der Waals surface area contributed by atoms with Gasteiger partial charge < -0.3 is 15.0 Å². The number of ether oxygens (including phenoxy) is 1. The van der Waals surface area contributed by atoms with E-state index in [1.165, 1.54) is 6.20 Å². The molecule has 7 heteroatoms. The van der Waals surface area contributed by atoms with Crippen molar-refractivity contribution in [3.63, 3.8) is 0 Å². The van der Waals surface area contributed by atoms with Crippen molar-refractivity contribution in [2.75, 3.05) is 6.61 Å². The van der Waals surface area contributed by atoms with Gasteiger partial charge in [0.05, 0.1) is 30.7 Å². The number of aromatic nitrogens is 2. The minimum Gasteiger partial charge on any atom is -0.371 e. The quantitative estimate of drug-likeness (QED) is 0.782. The van der Waals surface area contributed by atoms with E-state index in [-0.39, 0.29) is 35.7 Å². The molecule has 0 saturated carbocycles. The van der Waals surface area contributed by atoms with Crippen molar-refractivity contribution < 1.29 is 9.53 Å². The van der Waals surface area contributed by atoms with E-state index in [0.717, 1.165) is 18.4 Å². The standard InChI is InChI=1S/C22H20N4O3/c1-13-15(22(28)26-16-8-9-24-17(11-23)21(13)16)10-20(27)25-18-12-29-19-7-5-3-2-4-6-14(18)19/h3-4,6,8-9,18-19H,5,7,10,12H2,1H3,(H,25,27)(H,26,28)/b14-6-/t2?,18-,19?/m0/s1. The molecule has 1 fully saturated rings. The van der Waals surface area contributed by atoms with Crippen molar-refractivity contribution >= 4 is 16.8 Å². The lowest BCUT2D eigenvalue weighted by Gasteiger charge is -2.16. The van der Waals surface area contributed by atoms with Gasteiger partial charge in [0.25, 0.3) is 5.56 Å². The van der Waals surface area contributed by atoms with Crippen molar-refractivity contribution in [1.82, 2.24) is 15.3 Å². The summed E-state index contributed by atoms with van der Waals surface area (Å²) in [6.07, 6.45) is 8.87. The lowest BCUT2D eigenvalue weighted by molar-refractivity contribution is -0.121. The van der Waals surface area contributed by atoms with Gasteiger partial charge in [-0.3, -0.25) is 9.59 Å². The van der Waals surface area contributed by atoms with Crippen LogP contribution in [0, 0.1) is 18.3 Å². The van der Waals surface area contributed by atoms with Crippen LogP contribution in [0.1, 0.15) is 29.7 Å². The molecule has 146 valence electrons. The first-order valence-corrected chi connectivity index (χ1v) is 9.51. The maximum atomic E-state index is 12.7. The summed E-state index contributed by atoms with van der Waals surface area (Å²) in [6, 6.07) is 3.47. The molecular weight excluding hydrogens is 368 g/mol. The number of amides is 1. The minimum absolute atomic E-state index is 0.00929. The van der Waals surface area contributed by atoms with Gasteiger partial charge in [0.1, 0.15) is 11.8 Å². The molecule has 1 amide bonds. The van der Waals surface area contributed by atoms with Gasteiger partial charge in [-0.15, -0.1) is 5.73 Å². The van der Waals surface area contributed by atoms with Crippen LogP contribution in [0.2, 0.25) is 0 Å². The second-order valence-electron chi connectivity index (χ2n) is 7.15. The fraction of sp³-hybridized carbons (Fsp3) is 0.318. The summed E-state index contributed by atoms with van der Waals surface area (Å²) in [5.74, 6) is -0.267. The second-order valence-corrected chi connectivity index (χ2v) is 7.15. The van der Waals surface area contributed by atoms with Gasteiger partial charge in [-0.05, 0) is 49.1 Å². The number of allylic oxidation sites excluding steroid dienone is 2. The molecule has 2 aromatic rings. The number of nitrogens with zero attached hydrogens (tertiary/aromatic N) is 2. The van der Waals surface area contributed by atoms with Crippen molar-refractivity contribution in [1.29, 1.82) is 5.26 Å². The summed E-state index contributed by atoms with van der Waals surface area (Å²) in [5.41, 5.74) is 5.48. The molecule has 1 aliphatic carbocycles. The predicted octanol–water partition coefficient (Wildman–Crippen LogP) is 1.96. The minimum atomic E-state index is -0.334. The number of aromatic amines is 1. The van der Waals surface area contributed by atoms with Crippen LogP contribution in [0.5, 0.6) is 0 Å². The molecule has 2 N–H and O–H groups in total. The van der Waals surface area contributed by atoms with Crippen molar-refractivity contribution in [2.24, 2.45) is 0 Å². The van der Waals surface area contributed by atoms with Crippen LogP contribution in [-0.2, 0) is 16.0 Å². The highest BCUT2D eigenvalue weighted by Crippen LogP contribution is 2.26. The van der Waals surface area contributed by atoms with Crippen LogP contribution in [0.15, 0.2) is 46.6 Å². The molecule has 2 aromatic heterocycles. The summed E-state index contributed by atoms with van der Waals surface area (Å²) >= 11 is 0. The summed E-state index contributed by atoms with van der Waals surface area (Å²) in [4.78, 5) is 32.1. The number of carbonyl (C=O) groups is 1. The number of H-pyrrole nitrogens is 1. The van der Waals surface area contributed by atoms with Gasteiger partial charge in [0.2, 0.25) is 5.91 Å². The Hall–Kier alpha value is -3.46. The zero-order chi connectivity index (χ0) is 20.4. The molecule has 29 heavy (non-hydrogen) atoms. The van der Waals surface area contributed by atoms with Crippen LogP contribution >= 0.6 is 0 Å². The normalized spacial score (nSPS) is 22.3. The fourth-order valence-corrected chi connectivity index (χ4v) is 3.93. The zero-order valence-electron chi connectivity index (χ0n) is 16.0. The van der Waals surface area contributed by atoms with Crippen LogP contribution in [0.25, 0.3) is 10.9 Å². The van der Waals surface area contributed by atoms with Gasteiger partial charge in [0.15, 0.2) is 0 Å². The monoisotopic (exact) mass is 388 g/mol. The largest absolute Gasteiger partial charge is 0.371 e.